The van der Waals surface area contributed by atoms with Crippen molar-refractivity contribution in [1.29, 1.82) is 0 Å². The number of methoxy groups -OCH3 is 1. The first kappa shape index (κ1) is 15.0. The van der Waals surface area contributed by atoms with Crippen molar-refractivity contribution < 1.29 is 22.3 Å². The highest BCUT2D eigenvalue weighted by Gasteiger charge is 2.34. The van der Waals surface area contributed by atoms with Crippen LogP contribution in [-0.2, 0) is 6.18 Å². The number of halogens is 4. The van der Waals surface area contributed by atoms with E-state index in [9.17, 15) is 17.6 Å². The first-order valence-electron chi connectivity index (χ1n) is 5.88. The van der Waals surface area contributed by atoms with Crippen LogP contribution in [0.2, 0.25) is 0 Å². The number of alkyl halides is 3. The summed E-state index contributed by atoms with van der Waals surface area (Å²) in [6, 6.07) is 7.35. The first-order chi connectivity index (χ1) is 9.81. The normalized spacial score (nSPS) is 11.3. The topological polar surface area (TPSA) is 47.3 Å². The summed E-state index contributed by atoms with van der Waals surface area (Å²) >= 11 is 0. The van der Waals surface area contributed by atoms with Crippen LogP contribution in [0, 0.1) is 5.82 Å². The molecule has 0 fully saturated rings. The molecule has 0 spiro atoms. The van der Waals surface area contributed by atoms with Crippen molar-refractivity contribution in [1.82, 2.24) is 0 Å². The lowest BCUT2D eigenvalue weighted by Gasteiger charge is -2.13. The minimum atomic E-state index is -4.75. The monoisotopic (exact) mass is 300 g/mol. The van der Waals surface area contributed by atoms with Crippen molar-refractivity contribution in [3.05, 3.63) is 47.8 Å². The lowest BCUT2D eigenvalue weighted by Crippen LogP contribution is -2.08. The zero-order valence-electron chi connectivity index (χ0n) is 11.0. The van der Waals surface area contributed by atoms with Crippen molar-refractivity contribution >= 4 is 17.1 Å². The average molecular weight is 300 g/mol. The van der Waals surface area contributed by atoms with E-state index in [0.29, 0.717) is 23.2 Å². The van der Waals surface area contributed by atoms with Crippen molar-refractivity contribution in [3.63, 3.8) is 0 Å². The van der Waals surface area contributed by atoms with Crippen molar-refractivity contribution in [2.24, 2.45) is 0 Å². The molecule has 0 aliphatic heterocycles. The Kier molecular flexibility index (Phi) is 3.93. The molecule has 2 aromatic carbocycles. The standard InChI is InChI=1S/C14H12F4N2O/c1-21-13-7-9(3-5-12(13)19)20-8-2-4-11(15)10(6-8)14(16,17)18/h2-7,20H,19H2,1H3. The van der Waals surface area contributed by atoms with Gasteiger partial charge in [-0.15, -0.1) is 0 Å². The zero-order valence-corrected chi connectivity index (χ0v) is 11.0. The maximum atomic E-state index is 13.2. The predicted molar refractivity (Wildman–Crippen MR) is 72.1 cm³/mol. The van der Waals surface area contributed by atoms with Crippen LogP contribution in [0.15, 0.2) is 36.4 Å². The second-order valence-corrected chi connectivity index (χ2v) is 4.27. The van der Waals surface area contributed by atoms with Gasteiger partial charge in [0.15, 0.2) is 0 Å². The molecule has 0 aliphatic rings. The number of ether oxygens (including phenoxy) is 1. The fourth-order valence-electron chi connectivity index (χ4n) is 1.78. The number of rotatable bonds is 3. The SMILES string of the molecule is COc1cc(Nc2ccc(F)c(C(F)(F)F)c2)ccc1N. The Labute approximate surface area is 118 Å². The zero-order chi connectivity index (χ0) is 15.6. The summed E-state index contributed by atoms with van der Waals surface area (Å²) < 4.78 is 56.1. The summed E-state index contributed by atoms with van der Waals surface area (Å²) in [7, 11) is 1.43. The van der Waals surface area contributed by atoms with Crippen LogP contribution in [0.25, 0.3) is 0 Å². The van der Waals surface area contributed by atoms with Crippen LogP contribution < -0.4 is 15.8 Å². The highest BCUT2D eigenvalue weighted by Crippen LogP contribution is 2.34. The van der Waals surface area contributed by atoms with Crippen molar-refractivity contribution in [2.75, 3.05) is 18.2 Å². The molecule has 0 aromatic heterocycles. The summed E-state index contributed by atoms with van der Waals surface area (Å²) in [5.41, 5.74) is 5.30. The van der Waals surface area contributed by atoms with Gasteiger partial charge in [-0.25, -0.2) is 4.39 Å². The molecular weight excluding hydrogens is 288 g/mol. The van der Waals surface area contributed by atoms with E-state index in [0.717, 1.165) is 6.07 Å². The lowest BCUT2D eigenvalue weighted by molar-refractivity contribution is -0.139. The Hall–Kier alpha value is -2.44. The van der Waals surface area contributed by atoms with Gasteiger partial charge < -0.3 is 15.8 Å². The molecule has 2 aromatic rings. The second-order valence-electron chi connectivity index (χ2n) is 4.27. The quantitative estimate of drug-likeness (QED) is 0.660. The second kappa shape index (κ2) is 5.51. The van der Waals surface area contributed by atoms with E-state index in [1.165, 1.54) is 19.2 Å². The molecule has 0 amide bonds. The van der Waals surface area contributed by atoms with E-state index >= 15 is 0 Å². The van der Waals surface area contributed by atoms with E-state index in [-0.39, 0.29) is 5.69 Å². The molecule has 2 rings (SSSR count). The summed E-state index contributed by atoms with van der Waals surface area (Å²) in [6.07, 6.45) is -4.75. The van der Waals surface area contributed by atoms with E-state index in [1.54, 1.807) is 12.1 Å². The smallest absolute Gasteiger partial charge is 0.419 e. The van der Waals surface area contributed by atoms with Crippen LogP contribution in [0.4, 0.5) is 34.6 Å². The van der Waals surface area contributed by atoms with Crippen LogP contribution >= 0.6 is 0 Å². The Morgan fingerprint density at radius 2 is 1.67 bits per heavy atom. The molecule has 3 N–H and O–H groups in total. The number of nitrogens with one attached hydrogen (secondary N) is 1. The largest absolute Gasteiger partial charge is 0.495 e. The Morgan fingerprint density at radius 1 is 1.05 bits per heavy atom. The van der Waals surface area contributed by atoms with Gasteiger partial charge in [-0.3, -0.25) is 0 Å². The predicted octanol–water partition coefficient (Wildman–Crippen LogP) is 4.18. The third-order valence-corrected chi connectivity index (χ3v) is 2.79. The third-order valence-electron chi connectivity index (χ3n) is 2.79. The summed E-state index contributed by atoms with van der Waals surface area (Å²) in [5.74, 6) is -0.930. The number of nitrogen functional groups attached to an aromatic ring is 1. The highest BCUT2D eigenvalue weighted by molar-refractivity contribution is 5.67. The van der Waals surface area contributed by atoms with E-state index in [1.807, 2.05) is 0 Å². The van der Waals surface area contributed by atoms with Gasteiger partial charge in [0, 0.05) is 17.4 Å². The third kappa shape index (κ3) is 3.36. The summed E-state index contributed by atoms with van der Waals surface area (Å²) in [4.78, 5) is 0. The molecule has 0 heterocycles. The molecule has 0 radical (unpaired) electrons. The molecule has 0 atom stereocenters. The van der Waals surface area contributed by atoms with Gasteiger partial charge in [0.25, 0.3) is 0 Å². The highest BCUT2D eigenvalue weighted by atomic mass is 19.4. The molecule has 0 unspecified atom stereocenters. The fraction of sp³-hybridized carbons (Fsp3) is 0.143. The maximum absolute atomic E-state index is 13.2. The number of anilines is 3. The van der Waals surface area contributed by atoms with E-state index < -0.39 is 17.6 Å². The van der Waals surface area contributed by atoms with Gasteiger partial charge in [-0.1, -0.05) is 0 Å². The van der Waals surface area contributed by atoms with Gasteiger partial charge in [0.1, 0.15) is 11.6 Å². The van der Waals surface area contributed by atoms with Crippen LogP contribution in [0.1, 0.15) is 5.56 Å². The first-order valence-corrected chi connectivity index (χ1v) is 5.88. The Balaban J connectivity index is 2.32. The number of nitrogens with two attached hydrogens (primary N) is 1. The molecule has 0 aliphatic carbocycles. The van der Waals surface area contributed by atoms with Gasteiger partial charge in [-0.2, -0.15) is 13.2 Å². The molecule has 7 heteroatoms. The number of hydrogen-bond donors (Lipinski definition) is 2. The molecule has 3 nitrogen and oxygen atoms in total. The molecule has 0 bridgehead atoms. The van der Waals surface area contributed by atoms with Gasteiger partial charge in [-0.05, 0) is 30.3 Å². The van der Waals surface area contributed by atoms with Gasteiger partial charge in [0.2, 0.25) is 0 Å². The lowest BCUT2D eigenvalue weighted by atomic mass is 10.1. The summed E-state index contributed by atoms with van der Waals surface area (Å²) in [5, 5.41) is 2.74. The fourth-order valence-corrected chi connectivity index (χ4v) is 1.78. The average Bonchev–Trinajstić information content (AvgIpc) is 2.42. The Bertz CT molecular complexity index is 656. The number of hydrogen-bond acceptors (Lipinski definition) is 3. The van der Waals surface area contributed by atoms with Crippen molar-refractivity contribution in [3.8, 4) is 5.75 Å². The summed E-state index contributed by atoms with van der Waals surface area (Å²) in [6.45, 7) is 0. The Morgan fingerprint density at radius 3 is 2.29 bits per heavy atom. The van der Waals surface area contributed by atoms with E-state index in [2.05, 4.69) is 5.32 Å². The van der Waals surface area contributed by atoms with Crippen LogP contribution in [0.3, 0.4) is 0 Å². The van der Waals surface area contributed by atoms with Crippen LogP contribution in [-0.4, -0.2) is 7.11 Å². The molecule has 21 heavy (non-hydrogen) atoms. The minimum absolute atomic E-state index is 0.107. The molecule has 0 saturated carbocycles. The maximum Gasteiger partial charge on any atom is 0.419 e. The minimum Gasteiger partial charge on any atom is -0.495 e. The molecule has 0 saturated heterocycles. The van der Waals surface area contributed by atoms with Gasteiger partial charge in [0.05, 0.1) is 18.4 Å². The number of benzene rings is 2. The van der Waals surface area contributed by atoms with E-state index in [4.69, 9.17) is 10.5 Å². The van der Waals surface area contributed by atoms with Gasteiger partial charge >= 0.3 is 6.18 Å². The molecular formula is C14H12F4N2O. The van der Waals surface area contributed by atoms with Crippen molar-refractivity contribution in [2.45, 2.75) is 6.18 Å². The van der Waals surface area contributed by atoms with Crippen LogP contribution in [0.5, 0.6) is 5.75 Å². The molecule has 112 valence electrons.